The lowest BCUT2D eigenvalue weighted by atomic mass is 10.2. The van der Waals surface area contributed by atoms with Crippen LogP contribution in [0.5, 0.6) is 0 Å². The molecule has 6 heteroatoms. The Bertz CT molecular complexity index is 436. The van der Waals surface area contributed by atoms with E-state index in [1.807, 2.05) is 0 Å². The molecule has 0 bridgehead atoms. The maximum Gasteiger partial charge on any atom is 0.337 e. The van der Waals surface area contributed by atoms with Gasteiger partial charge in [0.1, 0.15) is 5.60 Å². The largest absolute Gasteiger partial charge is 0.478 e. The molecule has 1 aromatic rings. The van der Waals surface area contributed by atoms with E-state index < -0.39 is 11.6 Å². The van der Waals surface area contributed by atoms with E-state index in [1.165, 1.54) is 24.0 Å². The summed E-state index contributed by atoms with van der Waals surface area (Å²) in [5.74, 6) is -1.20. The molecule has 5 nitrogen and oxygen atoms in total. The Morgan fingerprint density at radius 1 is 1.39 bits per heavy atom. The van der Waals surface area contributed by atoms with Gasteiger partial charge in [-0.25, -0.2) is 9.78 Å². The van der Waals surface area contributed by atoms with Crippen LogP contribution < -0.4 is 0 Å². The van der Waals surface area contributed by atoms with Gasteiger partial charge < -0.3 is 9.84 Å². The molecule has 0 aliphatic heterocycles. The third kappa shape index (κ3) is 5.18. The highest BCUT2D eigenvalue weighted by atomic mass is 32.2. The SMILES string of the molecule is CC(C)(C)OC(=O)CSc1ccc(C(=O)O)cn1. The van der Waals surface area contributed by atoms with E-state index in [4.69, 9.17) is 9.84 Å². The zero-order chi connectivity index (χ0) is 13.8. The zero-order valence-corrected chi connectivity index (χ0v) is 11.3. The number of carboxylic acid groups (broad SMARTS) is 1. The molecule has 0 aliphatic rings. The number of nitrogens with zero attached hydrogens (tertiary/aromatic N) is 1. The van der Waals surface area contributed by atoms with Crippen molar-refractivity contribution in [3.8, 4) is 0 Å². The molecular formula is C12H15NO4S. The Balaban J connectivity index is 2.49. The van der Waals surface area contributed by atoms with Crippen molar-refractivity contribution >= 4 is 23.7 Å². The van der Waals surface area contributed by atoms with E-state index >= 15 is 0 Å². The molecule has 0 amide bonds. The molecule has 0 saturated heterocycles. The molecule has 1 N–H and O–H groups in total. The van der Waals surface area contributed by atoms with Gasteiger partial charge >= 0.3 is 11.9 Å². The molecule has 0 radical (unpaired) electrons. The molecule has 0 saturated carbocycles. The van der Waals surface area contributed by atoms with E-state index in [-0.39, 0.29) is 17.3 Å². The van der Waals surface area contributed by atoms with Crippen LogP contribution in [0.25, 0.3) is 0 Å². The first kappa shape index (κ1) is 14.5. The average Bonchev–Trinajstić information content (AvgIpc) is 2.24. The summed E-state index contributed by atoms with van der Waals surface area (Å²) >= 11 is 1.21. The number of hydrogen-bond donors (Lipinski definition) is 1. The van der Waals surface area contributed by atoms with Crippen LogP contribution in [0.15, 0.2) is 23.4 Å². The van der Waals surface area contributed by atoms with Crippen LogP contribution >= 0.6 is 11.8 Å². The topological polar surface area (TPSA) is 76.5 Å². The fraction of sp³-hybridized carbons (Fsp3) is 0.417. The summed E-state index contributed by atoms with van der Waals surface area (Å²) < 4.78 is 5.14. The highest BCUT2D eigenvalue weighted by Gasteiger charge is 2.16. The number of carbonyl (C=O) groups excluding carboxylic acids is 1. The number of ether oxygens (including phenoxy) is 1. The number of pyridine rings is 1. The Hall–Kier alpha value is -1.56. The molecule has 1 heterocycles. The summed E-state index contributed by atoms with van der Waals surface area (Å²) in [6.45, 7) is 5.40. The first-order chi connectivity index (χ1) is 8.28. The van der Waals surface area contributed by atoms with Crippen LogP contribution in [-0.4, -0.2) is 33.4 Å². The van der Waals surface area contributed by atoms with Crippen LogP contribution in [0.2, 0.25) is 0 Å². The van der Waals surface area contributed by atoms with E-state index in [0.717, 1.165) is 0 Å². The Kier molecular flexibility index (Phi) is 4.72. The van der Waals surface area contributed by atoms with Gasteiger partial charge in [-0.15, -0.1) is 0 Å². The van der Waals surface area contributed by atoms with Crippen molar-refractivity contribution in [2.45, 2.75) is 31.4 Å². The zero-order valence-electron chi connectivity index (χ0n) is 10.5. The second-order valence-corrected chi connectivity index (χ2v) is 5.56. The number of carbonyl (C=O) groups is 2. The van der Waals surface area contributed by atoms with Gasteiger partial charge in [-0.2, -0.15) is 0 Å². The monoisotopic (exact) mass is 269 g/mol. The van der Waals surface area contributed by atoms with Gasteiger partial charge in [0, 0.05) is 6.20 Å². The molecule has 0 unspecified atom stereocenters. The maximum atomic E-state index is 11.4. The minimum Gasteiger partial charge on any atom is -0.478 e. The van der Waals surface area contributed by atoms with E-state index in [1.54, 1.807) is 26.8 Å². The summed E-state index contributed by atoms with van der Waals surface area (Å²) in [5, 5.41) is 9.29. The van der Waals surface area contributed by atoms with Gasteiger partial charge in [0.15, 0.2) is 0 Å². The second kappa shape index (κ2) is 5.86. The smallest absolute Gasteiger partial charge is 0.337 e. The minimum atomic E-state index is -1.02. The standard InChI is InChI=1S/C12H15NO4S/c1-12(2,3)17-10(14)7-18-9-5-4-8(6-13-9)11(15)16/h4-6H,7H2,1-3H3,(H,15,16). The highest BCUT2D eigenvalue weighted by molar-refractivity contribution is 7.99. The van der Waals surface area contributed by atoms with Crippen molar-refractivity contribution in [2.75, 3.05) is 5.75 Å². The number of hydrogen-bond acceptors (Lipinski definition) is 5. The van der Waals surface area contributed by atoms with E-state index in [0.29, 0.717) is 5.03 Å². The highest BCUT2D eigenvalue weighted by Crippen LogP contribution is 2.17. The molecule has 0 atom stereocenters. The van der Waals surface area contributed by atoms with Crippen LogP contribution in [0.1, 0.15) is 31.1 Å². The normalized spacial score (nSPS) is 11.1. The lowest BCUT2D eigenvalue weighted by molar-refractivity contribution is -0.151. The third-order valence-corrected chi connectivity index (χ3v) is 2.66. The van der Waals surface area contributed by atoms with Crippen molar-refractivity contribution in [1.29, 1.82) is 0 Å². The fourth-order valence-corrected chi connectivity index (χ4v) is 1.71. The molecule has 1 rings (SSSR count). The molecule has 0 aromatic carbocycles. The van der Waals surface area contributed by atoms with Crippen molar-refractivity contribution in [3.05, 3.63) is 23.9 Å². The number of thioether (sulfide) groups is 1. The number of rotatable bonds is 4. The van der Waals surface area contributed by atoms with Crippen LogP contribution in [0, 0.1) is 0 Å². The van der Waals surface area contributed by atoms with Gasteiger partial charge in [-0.3, -0.25) is 4.79 Å². The summed E-state index contributed by atoms with van der Waals surface area (Å²) in [5.41, 5.74) is -0.380. The quantitative estimate of drug-likeness (QED) is 0.667. The number of aromatic nitrogens is 1. The molecule has 0 aliphatic carbocycles. The molecule has 1 aromatic heterocycles. The summed E-state index contributed by atoms with van der Waals surface area (Å²) in [6.07, 6.45) is 1.26. The molecule has 98 valence electrons. The summed E-state index contributed by atoms with van der Waals surface area (Å²) in [4.78, 5) is 26.0. The van der Waals surface area contributed by atoms with Gasteiger partial charge in [-0.1, -0.05) is 11.8 Å². The minimum absolute atomic E-state index is 0.122. The molecular weight excluding hydrogens is 254 g/mol. The maximum absolute atomic E-state index is 11.4. The van der Waals surface area contributed by atoms with Crippen molar-refractivity contribution in [1.82, 2.24) is 4.98 Å². The Morgan fingerprint density at radius 2 is 2.06 bits per heavy atom. The lowest BCUT2D eigenvalue weighted by Crippen LogP contribution is -2.24. The second-order valence-electron chi connectivity index (χ2n) is 4.57. The van der Waals surface area contributed by atoms with Gasteiger partial charge in [0.25, 0.3) is 0 Å². The van der Waals surface area contributed by atoms with Crippen LogP contribution in [0.4, 0.5) is 0 Å². The van der Waals surface area contributed by atoms with Gasteiger partial charge in [0.05, 0.1) is 16.3 Å². The average molecular weight is 269 g/mol. The Labute approximate surface area is 110 Å². The molecule has 0 fully saturated rings. The fourth-order valence-electron chi connectivity index (χ4n) is 1.10. The molecule has 18 heavy (non-hydrogen) atoms. The van der Waals surface area contributed by atoms with Crippen LogP contribution in [-0.2, 0) is 9.53 Å². The number of carboxylic acids is 1. The van der Waals surface area contributed by atoms with Gasteiger partial charge in [0.2, 0.25) is 0 Å². The number of esters is 1. The first-order valence-corrected chi connectivity index (χ1v) is 6.30. The van der Waals surface area contributed by atoms with Crippen molar-refractivity contribution in [3.63, 3.8) is 0 Å². The van der Waals surface area contributed by atoms with E-state index in [9.17, 15) is 9.59 Å². The van der Waals surface area contributed by atoms with Gasteiger partial charge in [-0.05, 0) is 32.9 Å². The molecule has 0 spiro atoms. The van der Waals surface area contributed by atoms with Crippen molar-refractivity contribution in [2.24, 2.45) is 0 Å². The van der Waals surface area contributed by atoms with Crippen molar-refractivity contribution < 1.29 is 19.4 Å². The predicted octanol–water partition coefficient (Wildman–Crippen LogP) is 2.21. The van der Waals surface area contributed by atoms with Crippen LogP contribution in [0.3, 0.4) is 0 Å². The first-order valence-electron chi connectivity index (χ1n) is 5.32. The van der Waals surface area contributed by atoms with E-state index in [2.05, 4.69) is 4.98 Å². The summed E-state index contributed by atoms with van der Waals surface area (Å²) in [7, 11) is 0. The third-order valence-electron chi connectivity index (χ3n) is 1.74. The number of aromatic carboxylic acids is 1. The lowest BCUT2D eigenvalue weighted by Gasteiger charge is -2.19. The summed E-state index contributed by atoms with van der Waals surface area (Å²) in [6, 6.07) is 3.02. The Morgan fingerprint density at radius 3 is 2.50 bits per heavy atom. The predicted molar refractivity (Wildman–Crippen MR) is 67.8 cm³/mol.